The van der Waals surface area contributed by atoms with E-state index in [2.05, 4.69) is 22.4 Å². The van der Waals surface area contributed by atoms with Crippen molar-refractivity contribution in [3.63, 3.8) is 0 Å². The summed E-state index contributed by atoms with van der Waals surface area (Å²) in [6, 6.07) is 21.2. The third-order valence-corrected chi connectivity index (χ3v) is 4.73. The van der Waals surface area contributed by atoms with Crippen molar-refractivity contribution in [2.24, 2.45) is 0 Å². The van der Waals surface area contributed by atoms with Crippen LogP contribution in [0.4, 0.5) is 5.69 Å². The molecular weight excluding hydrogens is 332 g/mol. The van der Waals surface area contributed by atoms with E-state index in [1.165, 1.54) is 5.56 Å². The molecule has 1 heterocycles. The van der Waals surface area contributed by atoms with Gasteiger partial charge in [-0.1, -0.05) is 48.5 Å². The lowest BCUT2D eigenvalue weighted by Crippen LogP contribution is -2.13. The van der Waals surface area contributed by atoms with E-state index < -0.39 is 0 Å². The molecule has 5 heteroatoms. The van der Waals surface area contributed by atoms with Gasteiger partial charge in [-0.2, -0.15) is 0 Å². The molecule has 0 aliphatic carbocycles. The highest BCUT2D eigenvalue weighted by Crippen LogP contribution is 2.33. The van der Waals surface area contributed by atoms with E-state index in [0.29, 0.717) is 11.4 Å². The van der Waals surface area contributed by atoms with Crippen LogP contribution in [0, 0.1) is 0 Å². The summed E-state index contributed by atoms with van der Waals surface area (Å²) in [5.41, 5.74) is 2.48. The minimum absolute atomic E-state index is 0.178. The third kappa shape index (κ3) is 4.39. The summed E-state index contributed by atoms with van der Waals surface area (Å²) in [6.45, 7) is 0. The maximum Gasteiger partial charge on any atom is 0.257 e. The molecule has 0 bridgehead atoms. The van der Waals surface area contributed by atoms with Crippen LogP contribution in [0.15, 0.2) is 77.8 Å². The van der Waals surface area contributed by atoms with Crippen LogP contribution in [-0.2, 0) is 5.75 Å². The van der Waals surface area contributed by atoms with Gasteiger partial charge < -0.3 is 10.1 Å². The number of methoxy groups -OCH3 is 1. The minimum Gasteiger partial charge on any atom is -0.480 e. The molecule has 0 radical (unpaired) electrons. The molecule has 1 N–H and O–H groups in total. The predicted molar refractivity (Wildman–Crippen MR) is 101 cm³/mol. The molecule has 0 aliphatic rings. The van der Waals surface area contributed by atoms with Crippen LogP contribution in [0.1, 0.15) is 15.9 Å². The molecule has 0 atom stereocenters. The summed E-state index contributed by atoms with van der Waals surface area (Å²) >= 11 is 1.54. The predicted octanol–water partition coefficient (Wildman–Crippen LogP) is 4.63. The number of thioether (sulfide) groups is 1. The van der Waals surface area contributed by atoms with Crippen LogP contribution in [0.2, 0.25) is 0 Å². The Balaban J connectivity index is 1.84. The van der Waals surface area contributed by atoms with Gasteiger partial charge in [-0.05, 0) is 23.8 Å². The summed E-state index contributed by atoms with van der Waals surface area (Å²) < 4.78 is 5.36. The van der Waals surface area contributed by atoms with Crippen LogP contribution in [-0.4, -0.2) is 18.0 Å². The van der Waals surface area contributed by atoms with Crippen LogP contribution in [0.5, 0.6) is 5.88 Å². The van der Waals surface area contributed by atoms with E-state index in [9.17, 15) is 4.79 Å². The first-order valence-corrected chi connectivity index (χ1v) is 8.82. The number of nitrogens with one attached hydrogen (secondary N) is 1. The van der Waals surface area contributed by atoms with Crippen molar-refractivity contribution in [2.75, 3.05) is 12.4 Å². The number of nitrogens with zero attached hydrogens (tertiary/aromatic N) is 1. The second kappa shape index (κ2) is 8.35. The zero-order chi connectivity index (χ0) is 17.5. The number of para-hydroxylation sites is 1. The topological polar surface area (TPSA) is 51.2 Å². The number of rotatable bonds is 6. The smallest absolute Gasteiger partial charge is 0.257 e. The average molecular weight is 350 g/mol. The summed E-state index contributed by atoms with van der Waals surface area (Å²) in [7, 11) is 1.56. The Hall–Kier alpha value is -2.79. The minimum atomic E-state index is -0.178. The molecule has 126 valence electrons. The molecule has 2 aromatic carbocycles. The third-order valence-electron chi connectivity index (χ3n) is 3.57. The molecule has 1 amide bonds. The van der Waals surface area contributed by atoms with E-state index in [-0.39, 0.29) is 5.91 Å². The lowest BCUT2D eigenvalue weighted by Gasteiger charge is -2.13. The zero-order valence-electron chi connectivity index (χ0n) is 13.8. The highest BCUT2D eigenvalue weighted by atomic mass is 32.2. The molecule has 0 spiro atoms. The number of pyridine rings is 1. The number of hydrogen-bond acceptors (Lipinski definition) is 4. The summed E-state index contributed by atoms with van der Waals surface area (Å²) in [6.07, 6.45) is 1.59. The summed E-state index contributed by atoms with van der Waals surface area (Å²) in [4.78, 5) is 17.7. The summed E-state index contributed by atoms with van der Waals surface area (Å²) in [5, 5.41) is 2.91. The van der Waals surface area contributed by atoms with E-state index >= 15 is 0 Å². The summed E-state index contributed by atoms with van der Waals surface area (Å²) in [5.74, 6) is 1.01. The Morgan fingerprint density at radius 3 is 2.40 bits per heavy atom. The monoisotopic (exact) mass is 350 g/mol. The fourth-order valence-corrected chi connectivity index (χ4v) is 3.42. The van der Waals surface area contributed by atoms with Crippen LogP contribution < -0.4 is 10.1 Å². The first-order chi connectivity index (χ1) is 12.3. The van der Waals surface area contributed by atoms with E-state index in [4.69, 9.17) is 4.74 Å². The van der Waals surface area contributed by atoms with Gasteiger partial charge in [-0.15, -0.1) is 11.8 Å². The maximum absolute atomic E-state index is 12.7. The highest BCUT2D eigenvalue weighted by Gasteiger charge is 2.17. The van der Waals surface area contributed by atoms with Gasteiger partial charge in [0.05, 0.1) is 17.6 Å². The number of amides is 1. The van der Waals surface area contributed by atoms with Crippen molar-refractivity contribution in [2.45, 2.75) is 10.6 Å². The van der Waals surface area contributed by atoms with Crippen molar-refractivity contribution >= 4 is 23.4 Å². The van der Waals surface area contributed by atoms with Crippen molar-refractivity contribution in [3.8, 4) is 5.88 Å². The number of anilines is 1. The largest absolute Gasteiger partial charge is 0.480 e. The van der Waals surface area contributed by atoms with Gasteiger partial charge in [-0.3, -0.25) is 4.79 Å². The number of benzene rings is 2. The van der Waals surface area contributed by atoms with Crippen LogP contribution in [0.3, 0.4) is 0 Å². The Kier molecular flexibility index (Phi) is 5.69. The van der Waals surface area contributed by atoms with Gasteiger partial charge in [0.1, 0.15) is 0 Å². The second-order valence-electron chi connectivity index (χ2n) is 5.29. The van der Waals surface area contributed by atoms with Crippen LogP contribution >= 0.6 is 11.8 Å². The molecule has 25 heavy (non-hydrogen) atoms. The Labute approximate surface area is 151 Å². The molecule has 1 aromatic heterocycles. The van der Waals surface area contributed by atoms with Gasteiger partial charge in [0.15, 0.2) is 0 Å². The molecule has 3 rings (SSSR count). The first-order valence-electron chi connectivity index (χ1n) is 7.84. The first kappa shape index (κ1) is 17.0. The van der Waals surface area contributed by atoms with Gasteiger partial charge in [0.25, 0.3) is 5.91 Å². The van der Waals surface area contributed by atoms with E-state index in [1.807, 2.05) is 48.5 Å². The second-order valence-corrected chi connectivity index (χ2v) is 6.28. The van der Waals surface area contributed by atoms with Crippen molar-refractivity contribution in [1.29, 1.82) is 0 Å². The van der Waals surface area contributed by atoms with Gasteiger partial charge in [-0.25, -0.2) is 4.98 Å². The highest BCUT2D eigenvalue weighted by molar-refractivity contribution is 7.98. The molecule has 0 unspecified atom stereocenters. The van der Waals surface area contributed by atoms with Crippen molar-refractivity contribution in [1.82, 2.24) is 4.98 Å². The van der Waals surface area contributed by atoms with E-state index in [0.717, 1.165) is 16.3 Å². The Morgan fingerprint density at radius 1 is 1.04 bits per heavy atom. The van der Waals surface area contributed by atoms with Crippen molar-refractivity contribution in [3.05, 3.63) is 84.1 Å². The number of ether oxygens (including phenoxy) is 1. The normalized spacial score (nSPS) is 10.3. The Bertz CT molecular complexity index is 839. The lowest BCUT2D eigenvalue weighted by molar-refractivity contribution is 0.102. The van der Waals surface area contributed by atoms with Gasteiger partial charge in [0.2, 0.25) is 5.88 Å². The molecule has 0 aliphatic heterocycles. The number of aromatic nitrogens is 1. The maximum atomic E-state index is 12.7. The number of hydrogen-bond donors (Lipinski definition) is 1. The Morgan fingerprint density at radius 2 is 1.72 bits per heavy atom. The van der Waals surface area contributed by atoms with Gasteiger partial charge in [0, 0.05) is 17.6 Å². The number of carbonyl (C=O) groups excluding carboxylic acids is 1. The van der Waals surface area contributed by atoms with Crippen LogP contribution in [0.25, 0.3) is 0 Å². The quantitative estimate of drug-likeness (QED) is 0.658. The fraction of sp³-hybridized carbons (Fsp3) is 0.100. The van der Waals surface area contributed by atoms with Crippen molar-refractivity contribution < 1.29 is 9.53 Å². The fourth-order valence-electron chi connectivity index (χ4n) is 2.34. The SMILES string of the molecule is COc1nccc(C(=O)Nc2ccccc2)c1SCc1ccccc1. The molecule has 3 aromatic rings. The zero-order valence-corrected chi connectivity index (χ0v) is 14.6. The molecule has 0 fully saturated rings. The molecular formula is C20H18N2O2S. The molecule has 4 nitrogen and oxygen atoms in total. The molecule has 0 saturated heterocycles. The standard InChI is InChI=1S/C20H18N2O2S/c1-24-20-18(25-14-15-8-4-2-5-9-15)17(12-13-21-20)19(23)22-16-10-6-3-7-11-16/h2-13H,14H2,1H3,(H,22,23). The number of carbonyl (C=O) groups is 1. The van der Waals surface area contributed by atoms with Gasteiger partial charge >= 0.3 is 0 Å². The average Bonchev–Trinajstić information content (AvgIpc) is 2.67. The molecule has 0 saturated carbocycles. The lowest BCUT2D eigenvalue weighted by atomic mass is 10.2. The van der Waals surface area contributed by atoms with E-state index in [1.54, 1.807) is 31.1 Å².